The predicted octanol–water partition coefficient (Wildman–Crippen LogP) is 2.97. The summed E-state index contributed by atoms with van der Waals surface area (Å²) in [5.74, 6) is 2.54. The summed E-state index contributed by atoms with van der Waals surface area (Å²) in [5.41, 5.74) is 1.08. The van der Waals surface area contributed by atoms with Gasteiger partial charge in [0.15, 0.2) is 29.8 Å². The number of hydrogen-bond acceptors (Lipinski definition) is 6. The molecular formula is C20H20O6. The van der Waals surface area contributed by atoms with E-state index in [1.54, 1.807) is 6.08 Å². The standard InChI is InChI=1S/C20H20O6/c1-9-3-11-13(21)5-17-20(25-8-24-17)19(11)18(10(9)2)12-4-15-16(23-7-22-15)6-14(12)26-20/h4-6,9-11,18-19H,3,7-8H2,1-2H3/t9-,10+,11+,18-,19-,20-/m0/s1. The van der Waals surface area contributed by atoms with Gasteiger partial charge in [-0.05, 0) is 24.3 Å². The maximum absolute atomic E-state index is 12.8. The molecule has 1 aromatic rings. The van der Waals surface area contributed by atoms with Crippen molar-refractivity contribution in [2.75, 3.05) is 13.6 Å². The van der Waals surface area contributed by atoms with E-state index < -0.39 is 5.79 Å². The molecule has 6 nitrogen and oxygen atoms in total. The van der Waals surface area contributed by atoms with Crippen molar-refractivity contribution in [3.63, 3.8) is 0 Å². The minimum atomic E-state index is -1.00. The number of rotatable bonds is 0. The zero-order valence-corrected chi connectivity index (χ0v) is 14.7. The van der Waals surface area contributed by atoms with Gasteiger partial charge in [-0.3, -0.25) is 9.53 Å². The molecule has 26 heavy (non-hydrogen) atoms. The van der Waals surface area contributed by atoms with Gasteiger partial charge in [-0.1, -0.05) is 13.8 Å². The fourth-order valence-electron chi connectivity index (χ4n) is 5.55. The third-order valence-electron chi connectivity index (χ3n) is 6.94. The third-order valence-corrected chi connectivity index (χ3v) is 6.94. The van der Waals surface area contributed by atoms with Gasteiger partial charge in [0.25, 0.3) is 5.79 Å². The second-order valence-corrected chi connectivity index (χ2v) is 8.06. The lowest BCUT2D eigenvalue weighted by atomic mass is 9.55. The molecule has 1 saturated heterocycles. The quantitative estimate of drug-likeness (QED) is 0.712. The number of carbonyl (C=O) groups is 1. The number of ketones is 1. The van der Waals surface area contributed by atoms with Crippen LogP contribution in [0.15, 0.2) is 24.0 Å². The van der Waals surface area contributed by atoms with Crippen LogP contribution in [0.4, 0.5) is 0 Å². The van der Waals surface area contributed by atoms with Gasteiger partial charge in [0.1, 0.15) is 5.75 Å². The predicted molar refractivity (Wildman–Crippen MR) is 88.7 cm³/mol. The Morgan fingerprint density at radius 3 is 2.69 bits per heavy atom. The summed E-state index contributed by atoms with van der Waals surface area (Å²) in [7, 11) is 0. The topological polar surface area (TPSA) is 63.2 Å². The van der Waals surface area contributed by atoms with Crippen LogP contribution in [0.5, 0.6) is 17.2 Å². The molecule has 1 aromatic carbocycles. The van der Waals surface area contributed by atoms with Crippen LogP contribution in [-0.4, -0.2) is 25.2 Å². The number of fused-ring (bicyclic) bond motifs is 3. The molecule has 0 radical (unpaired) electrons. The normalized spacial score (nSPS) is 41.4. The number of carbonyl (C=O) groups excluding carboxylic acids is 1. The van der Waals surface area contributed by atoms with Crippen LogP contribution in [0.1, 0.15) is 31.7 Å². The molecule has 136 valence electrons. The Morgan fingerprint density at radius 2 is 1.85 bits per heavy atom. The lowest BCUT2D eigenvalue weighted by molar-refractivity contribution is -0.212. The number of benzene rings is 1. The average Bonchev–Trinajstić information content (AvgIpc) is 3.23. The highest BCUT2D eigenvalue weighted by Gasteiger charge is 2.66. The summed E-state index contributed by atoms with van der Waals surface area (Å²) in [6.45, 7) is 4.82. The van der Waals surface area contributed by atoms with Crippen LogP contribution < -0.4 is 14.2 Å². The van der Waals surface area contributed by atoms with Crippen LogP contribution in [0.2, 0.25) is 0 Å². The first-order valence-corrected chi connectivity index (χ1v) is 9.24. The molecule has 0 unspecified atom stereocenters. The number of allylic oxidation sites excluding steroid dienone is 1. The summed E-state index contributed by atoms with van der Waals surface area (Å²) in [4.78, 5) is 12.8. The molecule has 6 heteroatoms. The molecule has 3 heterocycles. The highest BCUT2D eigenvalue weighted by Crippen LogP contribution is 2.63. The monoisotopic (exact) mass is 356 g/mol. The molecule has 3 aliphatic heterocycles. The Bertz CT molecular complexity index is 860. The zero-order chi connectivity index (χ0) is 17.6. The minimum absolute atomic E-state index is 0.0865. The molecule has 0 aromatic heterocycles. The summed E-state index contributed by atoms with van der Waals surface area (Å²) >= 11 is 0. The third kappa shape index (κ3) is 1.64. The maximum Gasteiger partial charge on any atom is 0.276 e. The van der Waals surface area contributed by atoms with Gasteiger partial charge in [0, 0.05) is 35.5 Å². The summed E-state index contributed by atoms with van der Waals surface area (Å²) in [6.07, 6.45) is 2.44. The van der Waals surface area contributed by atoms with Crippen LogP contribution in [-0.2, 0) is 14.3 Å². The first-order valence-electron chi connectivity index (χ1n) is 9.24. The molecule has 1 spiro atoms. The first kappa shape index (κ1) is 14.9. The summed E-state index contributed by atoms with van der Waals surface area (Å²) in [5, 5.41) is 0. The molecule has 6 atom stereocenters. The van der Waals surface area contributed by atoms with Crippen molar-refractivity contribution in [3.05, 3.63) is 29.5 Å². The van der Waals surface area contributed by atoms with E-state index in [4.69, 9.17) is 23.7 Å². The largest absolute Gasteiger partial charge is 0.465 e. The molecule has 2 fully saturated rings. The van der Waals surface area contributed by atoms with Crippen LogP contribution in [0.25, 0.3) is 0 Å². The van der Waals surface area contributed by atoms with E-state index >= 15 is 0 Å². The Hall–Kier alpha value is -2.21. The zero-order valence-electron chi connectivity index (χ0n) is 14.7. The van der Waals surface area contributed by atoms with Gasteiger partial charge in [-0.25, -0.2) is 0 Å². The average molecular weight is 356 g/mol. The molecule has 1 saturated carbocycles. The van der Waals surface area contributed by atoms with Crippen molar-refractivity contribution < 1.29 is 28.5 Å². The van der Waals surface area contributed by atoms with Crippen molar-refractivity contribution in [3.8, 4) is 17.2 Å². The second-order valence-electron chi connectivity index (χ2n) is 8.06. The molecule has 0 N–H and O–H groups in total. The van der Waals surface area contributed by atoms with E-state index in [1.807, 2.05) is 12.1 Å². The highest BCUT2D eigenvalue weighted by atomic mass is 16.8. The fourth-order valence-corrected chi connectivity index (χ4v) is 5.55. The molecule has 5 aliphatic rings. The summed E-state index contributed by atoms with van der Waals surface area (Å²) in [6, 6.07) is 3.92. The second kappa shape index (κ2) is 4.74. The molecule has 0 bridgehead atoms. The van der Waals surface area contributed by atoms with Crippen LogP contribution >= 0.6 is 0 Å². The Labute approximate surface area is 151 Å². The van der Waals surface area contributed by atoms with Crippen molar-refractivity contribution in [1.82, 2.24) is 0 Å². The van der Waals surface area contributed by atoms with Gasteiger partial charge >= 0.3 is 0 Å². The molecule has 6 rings (SSSR count). The Morgan fingerprint density at radius 1 is 1.04 bits per heavy atom. The number of hydrogen-bond donors (Lipinski definition) is 0. The molecule has 0 amide bonds. The fraction of sp³-hybridized carbons (Fsp3) is 0.550. The Kier molecular flexibility index (Phi) is 2.72. The van der Waals surface area contributed by atoms with Gasteiger partial charge in [0.2, 0.25) is 6.79 Å². The summed E-state index contributed by atoms with van der Waals surface area (Å²) < 4.78 is 29.3. The maximum atomic E-state index is 12.8. The lowest BCUT2D eigenvalue weighted by Crippen LogP contribution is -2.60. The molecule has 2 aliphatic carbocycles. The van der Waals surface area contributed by atoms with Crippen molar-refractivity contribution in [1.29, 1.82) is 0 Å². The van der Waals surface area contributed by atoms with Gasteiger partial charge in [-0.15, -0.1) is 0 Å². The first-order chi connectivity index (χ1) is 12.6. The van der Waals surface area contributed by atoms with Gasteiger partial charge in [0.05, 0.1) is 0 Å². The van der Waals surface area contributed by atoms with Gasteiger partial charge in [-0.2, -0.15) is 0 Å². The van der Waals surface area contributed by atoms with E-state index in [9.17, 15) is 4.79 Å². The van der Waals surface area contributed by atoms with Crippen molar-refractivity contribution >= 4 is 5.78 Å². The smallest absolute Gasteiger partial charge is 0.276 e. The SMILES string of the molecule is C[C@H]1[C@H]2c3cc4c(cc3O[C@@]35OCOC3=CC(=O)[C@@H](C[C@@H]1C)[C@@H]25)OCO4. The highest BCUT2D eigenvalue weighted by molar-refractivity contribution is 5.94. The van der Waals surface area contributed by atoms with Crippen molar-refractivity contribution in [2.45, 2.75) is 32.0 Å². The lowest BCUT2D eigenvalue weighted by Gasteiger charge is -2.54. The van der Waals surface area contributed by atoms with Crippen LogP contribution in [0, 0.1) is 23.7 Å². The van der Waals surface area contributed by atoms with E-state index in [0.29, 0.717) is 23.3 Å². The van der Waals surface area contributed by atoms with E-state index in [1.165, 1.54) is 0 Å². The molecular weight excluding hydrogens is 336 g/mol. The van der Waals surface area contributed by atoms with E-state index in [0.717, 1.165) is 23.5 Å². The van der Waals surface area contributed by atoms with Crippen molar-refractivity contribution in [2.24, 2.45) is 23.7 Å². The number of ether oxygens (including phenoxy) is 5. The van der Waals surface area contributed by atoms with E-state index in [2.05, 4.69) is 13.8 Å². The van der Waals surface area contributed by atoms with E-state index in [-0.39, 0.29) is 37.1 Å². The van der Waals surface area contributed by atoms with Crippen LogP contribution in [0.3, 0.4) is 0 Å². The minimum Gasteiger partial charge on any atom is -0.465 e. The van der Waals surface area contributed by atoms with Gasteiger partial charge < -0.3 is 18.9 Å². The Balaban J connectivity index is 1.61.